The fourth-order valence-corrected chi connectivity index (χ4v) is 2.24. The molecule has 4 heteroatoms. The van der Waals surface area contributed by atoms with Crippen LogP contribution >= 0.6 is 0 Å². The third-order valence-electron chi connectivity index (χ3n) is 3.45. The minimum atomic E-state index is -1.15. The largest absolute Gasteiger partial charge is 0.493 e. The Hall–Kier alpha value is -1.71. The maximum Gasteiger partial charge on any atom is 0.132 e. The van der Waals surface area contributed by atoms with Crippen LogP contribution in [0.5, 0.6) is 0 Å². The lowest BCUT2D eigenvalue weighted by Gasteiger charge is -2.23. The Morgan fingerprint density at radius 2 is 2.00 bits per heavy atom. The van der Waals surface area contributed by atoms with Gasteiger partial charge in [-0.25, -0.2) is 13.2 Å². The Morgan fingerprint density at radius 1 is 1.30 bits per heavy atom. The van der Waals surface area contributed by atoms with Crippen LogP contribution in [0.3, 0.4) is 0 Å². The second-order valence-electron chi connectivity index (χ2n) is 4.90. The molecule has 1 aromatic carbocycles. The number of hydrogen-bond donors (Lipinski definition) is 0. The number of rotatable bonds is 5. The number of hydrogen-bond acceptors (Lipinski definition) is 1. The zero-order valence-corrected chi connectivity index (χ0v) is 11.2. The molecule has 0 aromatic heterocycles. The van der Waals surface area contributed by atoms with Gasteiger partial charge in [-0.15, -0.1) is 6.58 Å². The summed E-state index contributed by atoms with van der Waals surface area (Å²) in [6, 6.07) is 2.24. The van der Waals surface area contributed by atoms with Crippen LogP contribution in [0.25, 0.3) is 5.76 Å². The first-order chi connectivity index (χ1) is 9.65. The summed E-state index contributed by atoms with van der Waals surface area (Å²) < 4.78 is 45.1. The molecule has 0 bridgehead atoms. The van der Waals surface area contributed by atoms with Gasteiger partial charge in [0, 0.05) is 5.56 Å². The van der Waals surface area contributed by atoms with Gasteiger partial charge in [-0.3, -0.25) is 0 Å². The monoisotopic (exact) mass is 282 g/mol. The molecule has 1 aliphatic rings. The van der Waals surface area contributed by atoms with Gasteiger partial charge in [-0.05, 0) is 43.4 Å². The van der Waals surface area contributed by atoms with Gasteiger partial charge in [0.25, 0.3) is 0 Å². The predicted molar refractivity (Wildman–Crippen MR) is 72.6 cm³/mol. The third kappa shape index (κ3) is 3.24. The lowest BCUT2D eigenvalue weighted by molar-refractivity contribution is 0.194. The van der Waals surface area contributed by atoms with E-state index in [2.05, 4.69) is 6.58 Å². The van der Waals surface area contributed by atoms with Gasteiger partial charge >= 0.3 is 0 Å². The van der Waals surface area contributed by atoms with Gasteiger partial charge in [0.2, 0.25) is 0 Å². The molecular weight excluding hydrogens is 265 g/mol. The van der Waals surface area contributed by atoms with E-state index in [1.807, 2.05) is 12.2 Å². The van der Waals surface area contributed by atoms with Crippen molar-refractivity contribution in [3.8, 4) is 0 Å². The molecule has 0 saturated carbocycles. The fourth-order valence-electron chi connectivity index (χ4n) is 2.24. The zero-order chi connectivity index (χ0) is 14.5. The molecule has 20 heavy (non-hydrogen) atoms. The summed E-state index contributed by atoms with van der Waals surface area (Å²) >= 11 is 0. The molecule has 0 aliphatic carbocycles. The van der Waals surface area contributed by atoms with E-state index in [0.29, 0.717) is 23.8 Å². The molecule has 1 unspecified atom stereocenters. The van der Waals surface area contributed by atoms with Crippen molar-refractivity contribution in [1.29, 1.82) is 0 Å². The number of allylic oxidation sites excluding steroid dienone is 2. The van der Waals surface area contributed by atoms with Crippen LogP contribution in [0.4, 0.5) is 13.2 Å². The smallest absolute Gasteiger partial charge is 0.132 e. The summed E-state index contributed by atoms with van der Waals surface area (Å²) in [5.74, 6) is -0.888. The molecule has 2 rings (SSSR count). The normalized spacial score (nSPS) is 18.4. The Kier molecular flexibility index (Phi) is 4.88. The third-order valence-corrected chi connectivity index (χ3v) is 3.45. The van der Waals surface area contributed by atoms with Crippen LogP contribution in [0.2, 0.25) is 0 Å². The van der Waals surface area contributed by atoms with Crippen molar-refractivity contribution in [1.82, 2.24) is 0 Å². The standard InChI is InChI=1S/C16H17F3O/c1-2-3-4-11-5-6-16(20-10-11)12-7-14(18)13(9-17)15(19)8-12/h2,6-8,11H,1,3-5,9-10H2. The van der Waals surface area contributed by atoms with E-state index in [9.17, 15) is 13.2 Å². The summed E-state index contributed by atoms with van der Waals surface area (Å²) in [5.41, 5.74) is -0.214. The predicted octanol–water partition coefficient (Wildman–Crippen LogP) is 4.78. The SMILES string of the molecule is C=CCCC1CC=C(c2cc(F)c(CF)c(F)c2)OC1. The average molecular weight is 282 g/mol. The van der Waals surface area contributed by atoms with Crippen LogP contribution in [-0.4, -0.2) is 6.61 Å². The summed E-state index contributed by atoms with van der Waals surface area (Å²) in [5, 5.41) is 0. The van der Waals surface area contributed by atoms with E-state index in [4.69, 9.17) is 4.74 Å². The lowest BCUT2D eigenvalue weighted by Crippen LogP contribution is -2.13. The highest BCUT2D eigenvalue weighted by Gasteiger charge is 2.18. The molecule has 0 amide bonds. The Morgan fingerprint density at radius 3 is 2.50 bits per heavy atom. The van der Waals surface area contributed by atoms with Crippen molar-refractivity contribution in [2.24, 2.45) is 5.92 Å². The molecule has 0 spiro atoms. The maximum absolute atomic E-state index is 13.5. The summed E-state index contributed by atoms with van der Waals surface area (Å²) in [6.07, 6.45) is 6.40. The number of ether oxygens (including phenoxy) is 1. The lowest BCUT2D eigenvalue weighted by atomic mass is 9.96. The van der Waals surface area contributed by atoms with Gasteiger partial charge in [0.1, 0.15) is 24.1 Å². The first-order valence-electron chi connectivity index (χ1n) is 6.63. The molecule has 0 radical (unpaired) electrons. The number of halogens is 3. The van der Waals surface area contributed by atoms with Crippen molar-refractivity contribution >= 4 is 5.76 Å². The second-order valence-corrected chi connectivity index (χ2v) is 4.90. The van der Waals surface area contributed by atoms with E-state index >= 15 is 0 Å². The van der Waals surface area contributed by atoms with Gasteiger partial charge in [-0.2, -0.15) is 0 Å². The average Bonchev–Trinajstić information content (AvgIpc) is 2.45. The van der Waals surface area contributed by atoms with Crippen molar-refractivity contribution in [2.45, 2.75) is 25.9 Å². The minimum absolute atomic E-state index is 0.319. The molecule has 0 fully saturated rings. The highest BCUT2D eigenvalue weighted by Crippen LogP contribution is 2.29. The van der Waals surface area contributed by atoms with Crippen molar-refractivity contribution in [2.75, 3.05) is 6.61 Å². The Labute approximate surface area is 116 Å². The van der Waals surface area contributed by atoms with Crippen LogP contribution in [-0.2, 0) is 11.4 Å². The highest BCUT2D eigenvalue weighted by atomic mass is 19.1. The Bertz CT molecular complexity index is 499. The van der Waals surface area contributed by atoms with Gasteiger partial charge in [0.15, 0.2) is 0 Å². The molecule has 1 atom stereocenters. The van der Waals surface area contributed by atoms with Crippen molar-refractivity contribution in [3.05, 3.63) is 53.6 Å². The van der Waals surface area contributed by atoms with Gasteiger partial charge in [-0.1, -0.05) is 6.08 Å². The van der Waals surface area contributed by atoms with Crippen LogP contribution in [0, 0.1) is 17.6 Å². The van der Waals surface area contributed by atoms with E-state index in [1.54, 1.807) is 0 Å². The molecule has 1 heterocycles. The summed E-state index contributed by atoms with van der Waals surface area (Å²) in [7, 11) is 0. The zero-order valence-electron chi connectivity index (χ0n) is 11.2. The molecular formula is C16H17F3O. The minimum Gasteiger partial charge on any atom is -0.493 e. The second kappa shape index (κ2) is 6.64. The first kappa shape index (κ1) is 14.7. The number of alkyl halides is 1. The maximum atomic E-state index is 13.5. The summed E-state index contributed by atoms with van der Waals surface area (Å²) in [4.78, 5) is 0. The number of benzene rings is 1. The molecule has 1 aliphatic heterocycles. The Balaban J connectivity index is 2.13. The quantitative estimate of drug-likeness (QED) is 0.706. The summed E-state index contributed by atoms with van der Waals surface area (Å²) in [6.45, 7) is 3.04. The van der Waals surface area contributed by atoms with Gasteiger partial charge in [0.05, 0.1) is 12.2 Å². The van der Waals surface area contributed by atoms with E-state index in [0.717, 1.165) is 31.4 Å². The van der Waals surface area contributed by atoms with Crippen LogP contribution in [0.15, 0.2) is 30.9 Å². The highest BCUT2D eigenvalue weighted by molar-refractivity contribution is 5.61. The van der Waals surface area contributed by atoms with Crippen LogP contribution in [0.1, 0.15) is 30.4 Å². The van der Waals surface area contributed by atoms with Gasteiger partial charge < -0.3 is 4.74 Å². The van der Waals surface area contributed by atoms with Crippen LogP contribution < -0.4 is 0 Å². The molecule has 108 valence electrons. The molecule has 1 nitrogen and oxygen atoms in total. The molecule has 0 saturated heterocycles. The van der Waals surface area contributed by atoms with E-state index in [1.165, 1.54) is 0 Å². The van der Waals surface area contributed by atoms with Crippen molar-refractivity contribution < 1.29 is 17.9 Å². The topological polar surface area (TPSA) is 9.23 Å². The van der Waals surface area contributed by atoms with E-state index in [-0.39, 0.29) is 0 Å². The molecule has 0 N–H and O–H groups in total. The fraction of sp³-hybridized carbons (Fsp3) is 0.375. The van der Waals surface area contributed by atoms with Crippen molar-refractivity contribution in [3.63, 3.8) is 0 Å². The molecule has 1 aromatic rings. The van der Waals surface area contributed by atoms with E-state index < -0.39 is 23.9 Å². The first-order valence-corrected chi connectivity index (χ1v) is 6.63.